The molecule has 0 aromatic heterocycles. The van der Waals surface area contributed by atoms with Gasteiger partial charge >= 0.3 is 0 Å². The highest BCUT2D eigenvalue weighted by atomic mass is 32.2. The molecule has 2 aromatic carbocycles. The van der Waals surface area contributed by atoms with Crippen LogP contribution in [0.2, 0.25) is 0 Å². The van der Waals surface area contributed by atoms with Crippen LogP contribution in [0.5, 0.6) is 11.5 Å². The largest absolute Gasteiger partial charge is 0.486 e. The molecule has 2 unspecified atom stereocenters. The van der Waals surface area contributed by atoms with Crippen LogP contribution in [0.25, 0.3) is 0 Å². The molecule has 1 N–H and O–H groups in total. The van der Waals surface area contributed by atoms with Crippen molar-refractivity contribution in [2.75, 3.05) is 19.8 Å². The van der Waals surface area contributed by atoms with Crippen molar-refractivity contribution in [3.63, 3.8) is 0 Å². The first kappa shape index (κ1) is 20.7. The zero-order chi connectivity index (χ0) is 21.3. The number of hydrogen-bond acceptors (Lipinski definition) is 5. The van der Waals surface area contributed by atoms with Crippen molar-refractivity contribution >= 4 is 15.9 Å². The summed E-state index contributed by atoms with van der Waals surface area (Å²) in [4.78, 5) is 13.1. The Morgan fingerprint density at radius 2 is 1.87 bits per heavy atom. The van der Waals surface area contributed by atoms with Crippen LogP contribution in [0.15, 0.2) is 47.4 Å². The monoisotopic (exact) mass is 430 g/mol. The van der Waals surface area contributed by atoms with Gasteiger partial charge in [-0.25, -0.2) is 8.42 Å². The summed E-state index contributed by atoms with van der Waals surface area (Å²) in [7, 11) is -3.84. The first-order valence-electron chi connectivity index (χ1n) is 10.2. The SMILES string of the molecule is Cc1ccccc1C(C)NC(=O)C1CCCN1S(=O)(=O)c1ccc2c(c1)OCCO2. The Morgan fingerprint density at radius 1 is 1.13 bits per heavy atom. The summed E-state index contributed by atoms with van der Waals surface area (Å²) in [5, 5.41) is 2.99. The van der Waals surface area contributed by atoms with Crippen LogP contribution in [0.1, 0.15) is 36.9 Å². The molecule has 0 radical (unpaired) electrons. The van der Waals surface area contributed by atoms with Crippen LogP contribution < -0.4 is 14.8 Å². The van der Waals surface area contributed by atoms with Gasteiger partial charge in [-0.3, -0.25) is 4.79 Å². The normalized spacial score (nSPS) is 20.0. The van der Waals surface area contributed by atoms with Gasteiger partial charge in [0, 0.05) is 12.6 Å². The van der Waals surface area contributed by atoms with Gasteiger partial charge in [0.2, 0.25) is 15.9 Å². The van der Waals surface area contributed by atoms with E-state index in [1.807, 2.05) is 38.1 Å². The number of carbonyl (C=O) groups is 1. The molecule has 2 aliphatic heterocycles. The third-order valence-electron chi connectivity index (χ3n) is 5.64. The van der Waals surface area contributed by atoms with Gasteiger partial charge in [-0.1, -0.05) is 24.3 Å². The lowest BCUT2D eigenvalue weighted by Crippen LogP contribution is -2.46. The molecule has 1 saturated heterocycles. The topological polar surface area (TPSA) is 84.9 Å². The Hall–Kier alpha value is -2.58. The minimum atomic E-state index is -3.84. The van der Waals surface area contributed by atoms with Gasteiger partial charge < -0.3 is 14.8 Å². The van der Waals surface area contributed by atoms with Gasteiger partial charge in [-0.15, -0.1) is 0 Å². The van der Waals surface area contributed by atoms with Crippen LogP contribution in [-0.2, 0) is 14.8 Å². The summed E-state index contributed by atoms with van der Waals surface area (Å²) in [6, 6.07) is 11.5. The van der Waals surface area contributed by atoms with Crippen LogP contribution in [0, 0.1) is 6.92 Å². The molecule has 30 heavy (non-hydrogen) atoms. The molecule has 0 saturated carbocycles. The van der Waals surface area contributed by atoms with Crippen LogP contribution in [-0.4, -0.2) is 44.4 Å². The summed E-state index contributed by atoms with van der Waals surface area (Å²) < 4.78 is 38.9. The smallest absolute Gasteiger partial charge is 0.243 e. The van der Waals surface area contributed by atoms with E-state index >= 15 is 0 Å². The quantitative estimate of drug-likeness (QED) is 0.789. The standard InChI is InChI=1S/C22H26N2O5S/c1-15-6-3-4-7-18(15)16(2)23-22(25)19-8-5-11-24(19)30(26,27)17-9-10-20-21(14-17)29-13-12-28-20/h3-4,6-7,9-10,14,16,19H,5,8,11-13H2,1-2H3,(H,23,25). The number of benzene rings is 2. The molecule has 0 spiro atoms. The molecule has 2 atom stereocenters. The molecule has 2 heterocycles. The van der Waals surface area contributed by atoms with Crippen LogP contribution in [0.3, 0.4) is 0 Å². The maximum Gasteiger partial charge on any atom is 0.243 e. The Labute approximate surface area is 177 Å². The van der Waals surface area contributed by atoms with Gasteiger partial charge in [0.1, 0.15) is 19.3 Å². The second-order valence-electron chi connectivity index (χ2n) is 7.67. The molecule has 4 rings (SSSR count). The third kappa shape index (κ3) is 3.89. The van der Waals surface area contributed by atoms with Gasteiger partial charge in [-0.05, 0) is 49.9 Å². The molecular formula is C22H26N2O5S. The van der Waals surface area contributed by atoms with Crippen molar-refractivity contribution in [1.29, 1.82) is 0 Å². The number of hydrogen-bond donors (Lipinski definition) is 1. The van der Waals surface area contributed by atoms with E-state index in [1.165, 1.54) is 16.4 Å². The number of nitrogens with zero attached hydrogens (tertiary/aromatic N) is 1. The number of ether oxygens (including phenoxy) is 2. The molecule has 160 valence electrons. The fourth-order valence-electron chi connectivity index (χ4n) is 4.07. The zero-order valence-corrected chi connectivity index (χ0v) is 17.9. The van der Waals surface area contributed by atoms with Crippen molar-refractivity contribution in [3.05, 3.63) is 53.6 Å². The number of sulfonamides is 1. The van der Waals surface area contributed by atoms with E-state index in [0.29, 0.717) is 44.1 Å². The fraction of sp³-hybridized carbons (Fsp3) is 0.409. The van der Waals surface area contributed by atoms with Gasteiger partial charge in [0.05, 0.1) is 10.9 Å². The second kappa shape index (κ2) is 8.28. The molecule has 7 nitrogen and oxygen atoms in total. The van der Waals surface area contributed by atoms with Crippen molar-refractivity contribution in [1.82, 2.24) is 9.62 Å². The summed E-state index contributed by atoms with van der Waals surface area (Å²) >= 11 is 0. The fourth-order valence-corrected chi connectivity index (χ4v) is 5.74. The van der Waals surface area contributed by atoms with Gasteiger partial charge in [0.15, 0.2) is 11.5 Å². The van der Waals surface area contributed by atoms with Gasteiger partial charge in [-0.2, -0.15) is 4.31 Å². The minimum Gasteiger partial charge on any atom is -0.486 e. The number of rotatable bonds is 5. The Bertz CT molecular complexity index is 1050. The number of carbonyl (C=O) groups excluding carboxylic acids is 1. The Balaban J connectivity index is 1.54. The molecule has 2 aliphatic rings. The van der Waals surface area contributed by atoms with Crippen molar-refractivity contribution in [2.45, 2.75) is 43.7 Å². The summed E-state index contributed by atoms with van der Waals surface area (Å²) in [6.07, 6.45) is 1.14. The summed E-state index contributed by atoms with van der Waals surface area (Å²) in [5.41, 5.74) is 2.10. The molecule has 2 aromatic rings. The first-order chi connectivity index (χ1) is 14.4. The number of aryl methyl sites for hydroxylation is 1. The zero-order valence-electron chi connectivity index (χ0n) is 17.1. The Morgan fingerprint density at radius 3 is 2.63 bits per heavy atom. The maximum absolute atomic E-state index is 13.3. The van der Waals surface area contributed by atoms with E-state index in [2.05, 4.69) is 5.32 Å². The minimum absolute atomic E-state index is 0.110. The molecule has 1 fully saturated rings. The van der Waals surface area contributed by atoms with E-state index in [1.54, 1.807) is 6.07 Å². The molecule has 0 bridgehead atoms. The third-order valence-corrected chi connectivity index (χ3v) is 7.54. The van der Waals surface area contributed by atoms with E-state index in [9.17, 15) is 13.2 Å². The Kier molecular flexibility index (Phi) is 5.71. The number of fused-ring (bicyclic) bond motifs is 1. The second-order valence-corrected chi connectivity index (χ2v) is 9.56. The van der Waals surface area contributed by atoms with Crippen molar-refractivity contribution in [2.24, 2.45) is 0 Å². The average Bonchev–Trinajstić information content (AvgIpc) is 3.24. The maximum atomic E-state index is 13.3. The van der Waals surface area contributed by atoms with E-state index in [4.69, 9.17) is 9.47 Å². The summed E-state index contributed by atoms with van der Waals surface area (Å²) in [5.74, 6) is 0.669. The highest BCUT2D eigenvalue weighted by molar-refractivity contribution is 7.89. The van der Waals surface area contributed by atoms with Crippen molar-refractivity contribution < 1.29 is 22.7 Å². The highest BCUT2D eigenvalue weighted by Gasteiger charge is 2.40. The predicted molar refractivity (Wildman–Crippen MR) is 112 cm³/mol. The van der Waals surface area contributed by atoms with E-state index < -0.39 is 16.1 Å². The van der Waals surface area contributed by atoms with E-state index in [-0.39, 0.29) is 16.8 Å². The lowest BCUT2D eigenvalue weighted by atomic mass is 10.0. The lowest BCUT2D eigenvalue weighted by molar-refractivity contribution is -0.124. The summed E-state index contributed by atoms with van der Waals surface area (Å²) in [6.45, 7) is 5.03. The number of amides is 1. The van der Waals surface area contributed by atoms with Crippen LogP contribution in [0.4, 0.5) is 0 Å². The average molecular weight is 431 g/mol. The molecule has 1 amide bonds. The van der Waals surface area contributed by atoms with Crippen molar-refractivity contribution in [3.8, 4) is 11.5 Å². The predicted octanol–water partition coefficient (Wildman–Crippen LogP) is 2.80. The number of nitrogens with one attached hydrogen (secondary N) is 1. The molecular weight excluding hydrogens is 404 g/mol. The first-order valence-corrected chi connectivity index (χ1v) is 11.6. The highest BCUT2D eigenvalue weighted by Crippen LogP contribution is 2.35. The molecule has 0 aliphatic carbocycles. The van der Waals surface area contributed by atoms with Crippen LogP contribution >= 0.6 is 0 Å². The van der Waals surface area contributed by atoms with E-state index in [0.717, 1.165) is 11.1 Å². The molecule has 8 heteroatoms. The lowest BCUT2D eigenvalue weighted by Gasteiger charge is -2.26. The van der Waals surface area contributed by atoms with Gasteiger partial charge in [0.25, 0.3) is 0 Å².